The lowest BCUT2D eigenvalue weighted by atomic mass is 10.4. The minimum Gasteiger partial charge on any atom is -0.490 e. The van der Waals surface area contributed by atoms with E-state index in [1.54, 1.807) is 12.1 Å². The zero-order chi connectivity index (χ0) is 15.2. The van der Waals surface area contributed by atoms with Gasteiger partial charge in [0.05, 0.1) is 45.8 Å². The molecule has 0 unspecified atom stereocenters. The number of nitrogens with zero attached hydrogens (tertiary/aromatic N) is 2. The van der Waals surface area contributed by atoms with E-state index in [-0.39, 0.29) is 0 Å². The molecule has 0 radical (unpaired) electrons. The first-order chi connectivity index (χ1) is 10.4. The summed E-state index contributed by atoms with van der Waals surface area (Å²) < 4.78 is 22.4. The average molecular weight is 406 g/mol. The summed E-state index contributed by atoms with van der Waals surface area (Å²) in [5, 5.41) is 8.61. The smallest absolute Gasteiger partial charge is 0.140 e. The van der Waals surface area contributed by atoms with Gasteiger partial charge in [0.15, 0.2) is 0 Å². The zero-order valence-corrected chi connectivity index (χ0v) is 14.0. The lowest BCUT2D eigenvalue weighted by molar-refractivity contribution is 0.0120. The standard InChI is InChI=1S/C14H19IN2O4/c15-3-4-18-5-6-19-7-8-20-9-10-21-14-2-1-13(11-16)17-12-14/h1-2,12H,3-10H2. The maximum Gasteiger partial charge on any atom is 0.140 e. The summed E-state index contributed by atoms with van der Waals surface area (Å²) in [4.78, 5) is 3.91. The van der Waals surface area contributed by atoms with E-state index in [1.165, 1.54) is 6.20 Å². The second kappa shape index (κ2) is 12.8. The molecule has 6 nitrogen and oxygen atoms in total. The number of aromatic nitrogens is 1. The van der Waals surface area contributed by atoms with E-state index in [4.69, 9.17) is 24.2 Å². The average Bonchev–Trinajstić information content (AvgIpc) is 2.53. The van der Waals surface area contributed by atoms with Crippen molar-refractivity contribution in [2.75, 3.05) is 50.7 Å². The van der Waals surface area contributed by atoms with Crippen LogP contribution in [0.2, 0.25) is 0 Å². The highest BCUT2D eigenvalue weighted by Crippen LogP contribution is 2.08. The molecule has 116 valence electrons. The molecule has 1 heterocycles. The molecule has 0 aliphatic heterocycles. The summed E-state index contributed by atoms with van der Waals surface area (Å²) in [5.41, 5.74) is 0.373. The largest absolute Gasteiger partial charge is 0.490 e. The van der Waals surface area contributed by atoms with Crippen LogP contribution in [0.25, 0.3) is 0 Å². The number of alkyl halides is 1. The van der Waals surface area contributed by atoms with Gasteiger partial charge in [0.2, 0.25) is 0 Å². The van der Waals surface area contributed by atoms with Crippen molar-refractivity contribution in [3.63, 3.8) is 0 Å². The Morgan fingerprint density at radius 3 is 2.10 bits per heavy atom. The molecule has 0 aromatic carbocycles. The van der Waals surface area contributed by atoms with Crippen LogP contribution in [0.5, 0.6) is 5.75 Å². The van der Waals surface area contributed by atoms with Gasteiger partial charge in [-0.3, -0.25) is 0 Å². The number of rotatable bonds is 12. The van der Waals surface area contributed by atoms with E-state index < -0.39 is 0 Å². The Balaban J connectivity index is 1.89. The number of nitriles is 1. The highest BCUT2D eigenvalue weighted by atomic mass is 127. The molecule has 1 aromatic heterocycles. The van der Waals surface area contributed by atoms with Crippen molar-refractivity contribution < 1.29 is 18.9 Å². The SMILES string of the molecule is N#Cc1ccc(OCCOCCOCCOCCI)cn1. The van der Waals surface area contributed by atoms with Crippen LogP contribution >= 0.6 is 22.6 Å². The topological polar surface area (TPSA) is 73.6 Å². The number of ether oxygens (including phenoxy) is 4. The van der Waals surface area contributed by atoms with Crippen LogP contribution in [-0.4, -0.2) is 55.7 Å². The van der Waals surface area contributed by atoms with E-state index in [1.807, 2.05) is 6.07 Å². The fraction of sp³-hybridized carbons (Fsp3) is 0.571. The molecule has 0 aliphatic carbocycles. The Hall–Kier alpha value is -0.950. The maximum atomic E-state index is 8.61. The minimum absolute atomic E-state index is 0.373. The quantitative estimate of drug-likeness (QED) is 0.300. The normalized spacial score (nSPS) is 10.3. The molecule has 0 aliphatic rings. The molecule has 21 heavy (non-hydrogen) atoms. The van der Waals surface area contributed by atoms with Crippen molar-refractivity contribution in [1.82, 2.24) is 4.98 Å². The molecule has 0 saturated heterocycles. The Morgan fingerprint density at radius 2 is 1.57 bits per heavy atom. The van der Waals surface area contributed by atoms with E-state index in [2.05, 4.69) is 27.6 Å². The van der Waals surface area contributed by atoms with Crippen molar-refractivity contribution in [1.29, 1.82) is 5.26 Å². The molecule has 0 N–H and O–H groups in total. The first-order valence-electron chi connectivity index (χ1n) is 6.65. The summed E-state index contributed by atoms with van der Waals surface area (Å²) in [5.74, 6) is 0.626. The third kappa shape index (κ3) is 9.57. The van der Waals surface area contributed by atoms with Gasteiger partial charge in [-0.25, -0.2) is 4.98 Å². The summed E-state index contributed by atoms with van der Waals surface area (Å²) in [6, 6.07) is 5.28. The number of halogens is 1. The molecule has 0 fully saturated rings. The molecule has 1 rings (SSSR count). The van der Waals surface area contributed by atoms with Gasteiger partial charge in [0.1, 0.15) is 24.1 Å². The van der Waals surface area contributed by atoms with Crippen LogP contribution in [0.15, 0.2) is 18.3 Å². The van der Waals surface area contributed by atoms with Gasteiger partial charge >= 0.3 is 0 Å². The molecule has 0 saturated carbocycles. The third-order valence-electron chi connectivity index (χ3n) is 2.31. The predicted octanol–water partition coefficient (Wildman–Crippen LogP) is 1.82. The monoisotopic (exact) mass is 406 g/mol. The van der Waals surface area contributed by atoms with Crippen molar-refractivity contribution in [2.45, 2.75) is 0 Å². The first-order valence-corrected chi connectivity index (χ1v) is 8.17. The molecule has 0 atom stereocenters. The Bertz CT molecular complexity index is 408. The Kier molecular flexibility index (Phi) is 11.0. The van der Waals surface area contributed by atoms with Gasteiger partial charge in [-0.15, -0.1) is 0 Å². The summed E-state index contributed by atoms with van der Waals surface area (Å²) in [7, 11) is 0. The summed E-state index contributed by atoms with van der Waals surface area (Å²) in [6.07, 6.45) is 1.53. The zero-order valence-electron chi connectivity index (χ0n) is 11.8. The molecule has 0 spiro atoms. The van der Waals surface area contributed by atoms with E-state index in [0.29, 0.717) is 51.1 Å². The fourth-order valence-electron chi connectivity index (χ4n) is 1.35. The first kappa shape index (κ1) is 18.1. The van der Waals surface area contributed by atoms with Crippen molar-refractivity contribution in [3.05, 3.63) is 24.0 Å². The predicted molar refractivity (Wildman–Crippen MR) is 85.8 cm³/mol. The summed E-state index contributed by atoms with van der Waals surface area (Å²) >= 11 is 2.27. The van der Waals surface area contributed by atoms with Crippen molar-refractivity contribution in [3.8, 4) is 11.8 Å². The molecule has 1 aromatic rings. The van der Waals surface area contributed by atoms with Gasteiger partial charge in [-0.2, -0.15) is 5.26 Å². The van der Waals surface area contributed by atoms with Gasteiger partial charge in [0, 0.05) is 4.43 Å². The van der Waals surface area contributed by atoms with Crippen LogP contribution in [0, 0.1) is 11.3 Å². The van der Waals surface area contributed by atoms with E-state index in [0.717, 1.165) is 11.0 Å². The van der Waals surface area contributed by atoms with Crippen LogP contribution in [-0.2, 0) is 14.2 Å². The van der Waals surface area contributed by atoms with Crippen LogP contribution in [0.3, 0.4) is 0 Å². The van der Waals surface area contributed by atoms with Gasteiger partial charge in [0.25, 0.3) is 0 Å². The van der Waals surface area contributed by atoms with E-state index >= 15 is 0 Å². The van der Waals surface area contributed by atoms with Crippen LogP contribution in [0.4, 0.5) is 0 Å². The van der Waals surface area contributed by atoms with Gasteiger partial charge in [-0.05, 0) is 12.1 Å². The molecular formula is C14H19IN2O4. The highest BCUT2D eigenvalue weighted by molar-refractivity contribution is 14.1. The van der Waals surface area contributed by atoms with Crippen LogP contribution in [0.1, 0.15) is 5.69 Å². The third-order valence-corrected chi connectivity index (χ3v) is 2.75. The van der Waals surface area contributed by atoms with Crippen molar-refractivity contribution >= 4 is 22.6 Å². The Labute approximate surface area is 138 Å². The molecule has 0 bridgehead atoms. The summed E-state index contributed by atoms with van der Waals surface area (Å²) in [6.45, 7) is 3.97. The second-order valence-corrected chi connectivity index (χ2v) is 4.94. The second-order valence-electron chi connectivity index (χ2n) is 3.87. The van der Waals surface area contributed by atoms with Crippen molar-refractivity contribution in [2.24, 2.45) is 0 Å². The highest BCUT2D eigenvalue weighted by Gasteiger charge is 1.96. The molecular weight excluding hydrogens is 387 g/mol. The minimum atomic E-state index is 0.373. The maximum absolute atomic E-state index is 8.61. The lowest BCUT2D eigenvalue weighted by Gasteiger charge is -2.07. The lowest BCUT2D eigenvalue weighted by Crippen LogP contribution is -2.13. The van der Waals surface area contributed by atoms with Gasteiger partial charge in [-0.1, -0.05) is 22.6 Å². The number of hydrogen-bond donors (Lipinski definition) is 0. The Morgan fingerprint density at radius 1 is 0.952 bits per heavy atom. The number of pyridine rings is 1. The van der Waals surface area contributed by atoms with Crippen LogP contribution < -0.4 is 4.74 Å². The van der Waals surface area contributed by atoms with Gasteiger partial charge < -0.3 is 18.9 Å². The molecule has 7 heteroatoms. The van der Waals surface area contributed by atoms with E-state index in [9.17, 15) is 0 Å². The fourth-order valence-corrected chi connectivity index (χ4v) is 1.66. The number of hydrogen-bond acceptors (Lipinski definition) is 6. The molecule has 0 amide bonds.